The Morgan fingerprint density at radius 2 is 1.79 bits per heavy atom. The first-order valence-electron chi connectivity index (χ1n) is 10.2. The van der Waals surface area contributed by atoms with E-state index in [0.29, 0.717) is 6.61 Å². The Bertz CT molecular complexity index is 991. The van der Waals surface area contributed by atoms with Crippen LogP contribution in [0.15, 0.2) is 24.3 Å². The van der Waals surface area contributed by atoms with E-state index < -0.39 is 0 Å². The SMILES string of the molecule is COc1cccc(OCc2nn3c(C45CC6CC(CC(C6)C4)C5)nnc3s2)c1. The number of rotatable bonds is 5. The van der Waals surface area contributed by atoms with Crippen LogP contribution in [0, 0.1) is 17.8 Å². The molecule has 0 spiro atoms. The molecule has 0 unspecified atom stereocenters. The average Bonchev–Trinajstić information content (AvgIpc) is 3.26. The number of methoxy groups -OCH3 is 1. The van der Waals surface area contributed by atoms with Crippen LogP contribution in [0.25, 0.3) is 4.96 Å². The summed E-state index contributed by atoms with van der Waals surface area (Å²) in [4.78, 5) is 0.884. The summed E-state index contributed by atoms with van der Waals surface area (Å²) in [5.41, 5.74) is 0.202. The summed E-state index contributed by atoms with van der Waals surface area (Å²) < 4.78 is 13.2. The smallest absolute Gasteiger partial charge is 0.234 e. The molecule has 1 aromatic carbocycles. The van der Waals surface area contributed by atoms with Crippen LogP contribution in [-0.4, -0.2) is 26.9 Å². The Kier molecular flexibility index (Phi) is 3.70. The van der Waals surface area contributed by atoms with Gasteiger partial charge in [0.1, 0.15) is 18.1 Å². The summed E-state index contributed by atoms with van der Waals surface area (Å²) in [6.45, 7) is 0.432. The van der Waals surface area contributed by atoms with Gasteiger partial charge in [0.15, 0.2) is 10.8 Å². The van der Waals surface area contributed by atoms with E-state index in [0.717, 1.165) is 45.0 Å². The van der Waals surface area contributed by atoms with Gasteiger partial charge in [0, 0.05) is 11.5 Å². The molecule has 7 rings (SSSR count). The standard InChI is InChI=1S/C21H24N4O2S/c1-26-16-3-2-4-17(8-16)27-12-18-24-25-19(22-23-20(25)28-18)21-9-13-5-14(10-21)7-15(6-13)11-21/h2-4,8,13-15H,5-7,9-12H2,1H3. The molecular weight excluding hydrogens is 372 g/mol. The van der Waals surface area contributed by atoms with Gasteiger partial charge in [-0.3, -0.25) is 0 Å². The fraction of sp³-hybridized carbons (Fsp3) is 0.571. The van der Waals surface area contributed by atoms with Gasteiger partial charge in [0.25, 0.3) is 0 Å². The maximum atomic E-state index is 5.93. The Hall–Kier alpha value is -2.15. The van der Waals surface area contributed by atoms with E-state index >= 15 is 0 Å². The van der Waals surface area contributed by atoms with Crippen LogP contribution in [-0.2, 0) is 12.0 Å². The van der Waals surface area contributed by atoms with E-state index in [1.54, 1.807) is 18.4 Å². The van der Waals surface area contributed by atoms with Crippen molar-refractivity contribution in [1.29, 1.82) is 0 Å². The Labute approximate surface area is 167 Å². The quantitative estimate of drug-likeness (QED) is 0.645. The Morgan fingerprint density at radius 3 is 2.50 bits per heavy atom. The molecule has 0 atom stereocenters. The van der Waals surface area contributed by atoms with Crippen LogP contribution in [0.2, 0.25) is 0 Å². The zero-order valence-electron chi connectivity index (χ0n) is 16.0. The molecule has 146 valence electrons. The van der Waals surface area contributed by atoms with Gasteiger partial charge >= 0.3 is 0 Å². The summed E-state index contributed by atoms with van der Waals surface area (Å²) >= 11 is 1.57. The van der Waals surface area contributed by atoms with E-state index in [-0.39, 0.29) is 5.41 Å². The number of hydrogen-bond donors (Lipinski definition) is 0. The molecule has 0 amide bonds. The molecule has 28 heavy (non-hydrogen) atoms. The maximum absolute atomic E-state index is 5.93. The highest BCUT2D eigenvalue weighted by atomic mass is 32.1. The Balaban J connectivity index is 1.27. The topological polar surface area (TPSA) is 61.5 Å². The molecule has 2 aromatic heterocycles. The minimum Gasteiger partial charge on any atom is -0.497 e. The van der Waals surface area contributed by atoms with Crippen LogP contribution < -0.4 is 9.47 Å². The number of hydrogen-bond acceptors (Lipinski definition) is 6. The monoisotopic (exact) mass is 396 g/mol. The van der Waals surface area contributed by atoms with Crippen molar-refractivity contribution in [2.75, 3.05) is 7.11 Å². The van der Waals surface area contributed by atoms with Crippen molar-refractivity contribution >= 4 is 16.3 Å². The molecule has 4 aliphatic carbocycles. The summed E-state index contributed by atoms with van der Waals surface area (Å²) in [5, 5.41) is 14.9. The van der Waals surface area contributed by atoms with Gasteiger partial charge in [-0.1, -0.05) is 17.4 Å². The second kappa shape index (κ2) is 6.17. The number of nitrogens with zero attached hydrogens (tertiary/aromatic N) is 4. The molecule has 7 heteroatoms. The molecular formula is C21H24N4O2S. The van der Waals surface area contributed by atoms with Crippen molar-refractivity contribution in [3.05, 3.63) is 35.1 Å². The van der Waals surface area contributed by atoms with Crippen molar-refractivity contribution in [3.8, 4) is 11.5 Å². The molecule has 6 nitrogen and oxygen atoms in total. The number of benzene rings is 1. The normalized spacial score (nSPS) is 30.8. The first-order chi connectivity index (χ1) is 13.7. The highest BCUT2D eigenvalue weighted by Gasteiger charge is 2.54. The van der Waals surface area contributed by atoms with Crippen molar-refractivity contribution in [2.45, 2.75) is 50.5 Å². The predicted molar refractivity (Wildman–Crippen MR) is 106 cm³/mol. The fourth-order valence-corrected chi connectivity index (χ4v) is 7.01. The van der Waals surface area contributed by atoms with Crippen molar-refractivity contribution in [3.63, 3.8) is 0 Å². The number of aromatic nitrogens is 4. The molecule has 4 bridgehead atoms. The van der Waals surface area contributed by atoms with Crippen LogP contribution in [0.1, 0.15) is 49.4 Å². The van der Waals surface area contributed by atoms with Crippen LogP contribution >= 0.6 is 11.3 Å². The molecule has 4 saturated carbocycles. The van der Waals surface area contributed by atoms with Gasteiger partial charge in [-0.05, 0) is 68.4 Å². The van der Waals surface area contributed by atoms with Crippen molar-refractivity contribution < 1.29 is 9.47 Å². The lowest BCUT2D eigenvalue weighted by Crippen LogP contribution is -2.49. The highest BCUT2D eigenvalue weighted by Crippen LogP contribution is 2.60. The number of ether oxygens (including phenoxy) is 2. The summed E-state index contributed by atoms with van der Waals surface area (Å²) in [7, 11) is 1.66. The van der Waals surface area contributed by atoms with E-state index in [1.165, 1.54) is 38.5 Å². The molecule has 0 saturated heterocycles. The van der Waals surface area contributed by atoms with Gasteiger partial charge in [-0.2, -0.15) is 9.61 Å². The lowest BCUT2D eigenvalue weighted by Gasteiger charge is -2.55. The molecule has 4 aliphatic rings. The minimum atomic E-state index is 0.202. The third-order valence-corrected chi connectivity index (χ3v) is 7.82. The summed E-state index contributed by atoms with van der Waals surface area (Å²) in [5.74, 6) is 5.33. The molecule has 2 heterocycles. The van der Waals surface area contributed by atoms with Crippen molar-refractivity contribution in [2.24, 2.45) is 17.8 Å². The number of fused-ring (bicyclic) bond motifs is 1. The predicted octanol–water partition coefficient (Wildman–Crippen LogP) is 4.24. The average molecular weight is 397 g/mol. The van der Waals surface area contributed by atoms with E-state index in [1.807, 2.05) is 28.8 Å². The highest BCUT2D eigenvalue weighted by molar-refractivity contribution is 7.16. The van der Waals surface area contributed by atoms with Gasteiger partial charge in [-0.15, -0.1) is 10.2 Å². The van der Waals surface area contributed by atoms with E-state index in [4.69, 9.17) is 14.6 Å². The Morgan fingerprint density at radius 1 is 1.07 bits per heavy atom. The van der Waals surface area contributed by atoms with Crippen molar-refractivity contribution in [1.82, 2.24) is 19.8 Å². The van der Waals surface area contributed by atoms with E-state index in [9.17, 15) is 0 Å². The van der Waals surface area contributed by atoms with Gasteiger partial charge in [0.2, 0.25) is 4.96 Å². The second-order valence-corrected chi connectivity index (χ2v) is 9.92. The molecule has 3 aromatic rings. The van der Waals surface area contributed by atoms with Crippen LogP contribution in [0.3, 0.4) is 0 Å². The fourth-order valence-electron chi connectivity index (χ4n) is 6.27. The van der Waals surface area contributed by atoms with Crippen LogP contribution in [0.4, 0.5) is 0 Å². The van der Waals surface area contributed by atoms with Crippen LogP contribution in [0.5, 0.6) is 11.5 Å². The minimum absolute atomic E-state index is 0.202. The zero-order valence-corrected chi connectivity index (χ0v) is 16.8. The first kappa shape index (κ1) is 16.8. The van der Waals surface area contributed by atoms with E-state index in [2.05, 4.69) is 10.2 Å². The summed E-state index contributed by atoms with van der Waals surface area (Å²) in [6.07, 6.45) is 8.10. The first-order valence-corrected chi connectivity index (χ1v) is 11.0. The van der Waals surface area contributed by atoms with Gasteiger partial charge in [0.05, 0.1) is 7.11 Å². The zero-order chi connectivity index (χ0) is 18.7. The molecule has 0 N–H and O–H groups in total. The third kappa shape index (κ3) is 2.63. The largest absolute Gasteiger partial charge is 0.497 e. The lowest BCUT2D eigenvalue weighted by molar-refractivity contribution is -0.0103. The maximum Gasteiger partial charge on any atom is 0.234 e. The second-order valence-electron chi connectivity index (χ2n) is 8.88. The van der Waals surface area contributed by atoms with Gasteiger partial charge < -0.3 is 9.47 Å². The summed E-state index contributed by atoms with van der Waals surface area (Å²) in [6, 6.07) is 7.66. The molecule has 4 fully saturated rings. The van der Waals surface area contributed by atoms with Gasteiger partial charge in [-0.25, -0.2) is 0 Å². The third-order valence-electron chi connectivity index (χ3n) is 6.95. The molecule has 0 radical (unpaired) electrons. The molecule has 0 aliphatic heterocycles. The lowest BCUT2D eigenvalue weighted by atomic mass is 9.49.